The molecular weight excluding hydrogens is 399 g/mol. The van der Waals surface area contributed by atoms with Crippen molar-refractivity contribution < 1.29 is 28.9 Å². The van der Waals surface area contributed by atoms with Gasteiger partial charge in [0.1, 0.15) is 29.5 Å². The van der Waals surface area contributed by atoms with Gasteiger partial charge >= 0.3 is 5.97 Å². The van der Waals surface area contributed by atoms with Gasteiger partial charge in [0.25, 0.3) is 0 Å². The van der Waals surface area contributed by atoms with E-state index in [-0.39, 0.29) is 41.2 Å². The highest BCUT2D eigenvalue weighted by Crippen LogP contribution is 2.36. The quantitative estimate of drug-likeness (QED) is 0.415. The van der Waals surface area contributed by atoms with Gasteiger partial charge in [-0.05, 0) is 24.6 Å². The molecule has 31 heavy (non-hydrogen) atoms. The molecule has 0 aromatic heterocycles. The third kappa shape index (κ3) is 5.17. The Morgan fingerprint density at radius 1 is 1.03 bits per heavy atom. The summed E-state index contributed by atoms with van der Waals surface area (Å²) in [4.78, 5) is 13.0. The minimum atomic E-state index is -0.784. The summed E-state index contributed by atoms with van der Waals surface area (Å²) in [6, 6.07) is 17.7. The van der Waals surface area contributed by atoms with E-state index in [0.29, 0.717) is 5.75 Å². The number of esters is 1. The number of hydrogen-bond acceptors (Lipinski definition) is 5. The van der Waals surface area contributed by atoms with E-state index in [0.717, 1.165) is 5.56 Å². The van der Waals surface area contributed by atoms with E-state index in [9.17, 15) is 15.0 Å². The van der Waals surface area contributed by atoms with Gasteiger partial charge in [-0.15, -0.1) is 0 Å². The Balaban J connectivity index is 2.12. The summed E-state index contributed by atoms with van der Waals surface area (Å²) in [6.07, 6.45) is 2.80. The number of aliphatic hydroxyl groups is 2. The molecule has 0 bridgehead atoms. The van der Waals surface area contributed by atoms with Crippen molar-refractivity contribution in [3.63, 3.8) is 0 Å². The molecule has 2 N–H and O–H groups in total. The average molecular weight is 422 g/mol. The van der Waals surface area contributed by atoms with Gasteiger partial charge in [0.2, 0.25) is 0 Å². The number of halogens is 1. The first kappa shape index (κ1) is 22.2. The number of para-hydroxylation sites is 1. The van der Waals surface area contributed by atoms with Crippen molar-refractivity contribution in [2.24, 2.45) is 0 Å². The first-order valence-electron chi connectivity index (χ1n) is 9.74. The zero-order chi connectivity index (χ0) is 22.2. The Labute approximate surface area is 180 Å². The van der Waals surface area contributed by atoms with E-state index in [4.69, 9.17) is 9.47 Å². The maximum absolute atomic E-state index is 15.1. The molecule has 0 saturated heterocycles. The molecule has 0 heterocycles. The van der Waals surface area contributed by atoms with Crippen LogP contribution in [0.5, 0.6) is 11.5 Å². The number of aliphatic hydroxyl groups excluding tert-OH is 2. The van der Waals surface area contributed by atoms with Crippen molar-refractivity contribution in [3.8, 4) is 11.5 Å². The van der Waals surface area contributed by atoms with Crippen LogP contribution in [0.3, 0.4) is 0 Å². The molecule has 0 radical (unpaired) electrons. The summed E-state index contributed by atoms with van der Waals surface area (Å²) in [5.74, 6) is -1.13. The normalized spacial score (nSPS) is 11.0. The maximum atomic E-state index is 15.1. The molecule has 0 unspecified atom stereocenters. The number of carbonyl (C=O) groups excluding carboxylic acids is 1. The van der Waals surface area contributed by atoms with Crippen molar-refractivity contribution >= 4 is 12.0 Å². The van der Waals surface area contributed by atoms with Gasteiger partial charge < -0.3 is 19.7 Å². The van der Waals surface area contributed by atoms with Gasteiger partial charge in [0.15, 0.2) is 0 Å². The van der Waals surface area contributed by atoms with E-state index in [2.05, 4.69) is 0 Å². The van der Waals surface area contributed by atoms with Crippen molar-refractivity contribution in [2.45, 2.75) is 20.1 Å². The first-order chi connectivity index (χ1) is 15.1. The predicted octanol–water partition coefficient (Wildman–Crippen LogP) is 4.43. The largest absolute Gasteiger partial charge is 0.487 e. The lowest BCUT2D eigenvalue weighted by Gasteiger charge is -2.20. The zero-order valence-electron chi connectivity index (χ0n) is 17.0. The van der Waals surface area contributed by atoms with E-state index in [1.54, 1.807) is 30.3 Å². The predicted molar refractivity (Wildman–Crippen MR) is 115 cm³/mol. The van der Waals surface area contributed by atoms with Gasteiger partial charge in [-0.3, -0.25) is 0 Å². The molecule has 3 rings (SSSR count). The number of hydrogen-bond donors (Lipinski definition) is 2. The minimum absolute atomic E-state index is 0.00851. The van der Waals surface area contributed by atoms with E-state index in [1.165, 1.54) is 19.1 Å². The fourth-order valence-electron chi connectivity index (χ4n) is 3.17. The van der Waals surface area contributed by atoms with Crippen LogP contribution >= 0.6 is 0 Å². The Morgan fingerprint density at radius 3 is 2.29 bits per heavy atom. The lowest BCUT2D eigenvalue weighted by molar-refractivity contribution is 0.0728. The number of rotatable bonds is 8. The van der Waals surface area contributed by atoms with Crippen molar-refractivity contribution in [1.29, 1.82) is 0 Å². The third-order valence-electron chi connectivity index (χ3n) is 4.70. The molecule has 0 fully saturated rings. The second-order valence-corrected chi connectivity index (χ2v) is 6.76. The van der Waals surface area contributed by atoms with E-state index in [1.807, 2.05) is 30.3 Å². The summed E-state index contributed by atoms with van der Waals surface area (Å²) in [7, 11) is 0. The molecule has 160 valence electrons. The fourth-order valence-corrected chi connectivity index (χ4v) is 3.17. The van der Waals surface area contributed by atoms with Gasteiger partial charge in [0, 0.05) is 16.7 Å². The highest BCUT2D eigenvalue weighted by atomic mass is 19.1. The van der Waals surface area contributed by atoms with E-state index < -0.39 is 18.4 Å². The highest BCUT2D eigenvalue weighted by molar-refractivity contribution is 5.97. The van der Waals surface area contributed by atoms with Crippen LogP contribution in [0.4, 0.5) is 4.39 Å². The molecule has 6 heteroatoms. The van der Waals surface area contributed by atoms with Crippen LogP contribution in [0, 0.1) is 12.7 Å². The van der Waals surface area contributed by atoms with Crippen LogP contribution in [0.25, 0.3) is 6.08 Å². The SMILES string of the molecule is Cc1c(F)c(CO)c(C=CCO)c(OCc2ccccc2)c1C(=O)Oc1ccccc1. The first-order valence-corrected chi connectivity index (χ1v) is 9.74. The molecule has 3 aromatic rings. The molecule has 0 spiro atoms. The molecule has 3 aromatic carbocycles. The van der Waals surface area contributed by atoms with Gasteiger partial charge in [0.05, 0.1) is 13.2 Å². The standard InChI is InChI=1S/C25H23FO5/c1-17-22(25(29)31-19-11-6-3-7-12-19)24(30-16-18-9-4-2-5-10-18)20(13-8-14-27)21(15-28)23(17)26/h2-13,27-28H,14-16H2,1H3. The number of carbonyl (C=O) groups is 1. The zero-order valence-corrected chi connectivity index (χ0v) is 17.0. The van der Waals surface area contributed by atoms with Crippen LogP contribution in [-0.2, 0) is 13.2 Å². The molecule has 0 aliphatic heterocycles. The van der Waals surface area contributed by atoms with Gasteiger partial charge in [-0.25, -0.2) is 9.18 Å². The summed E-state index contributed by atoms with van der Waals surface area (Å²) < 4.78 is 26.5. The van der Waals surface area contributed by atoms with Crippen LogP contribution in [-0.4, -0.2) is 22.8 Å². The molecular formula is C25H23FO5. The molecule has 5 nitrogen and oxygen atoms in total. The summed E-state index contributed by atoms with van der Waals surface area (Å²) in [5, 5.41) is 19.0. The fraction of sp³-hybridized carbons (Fsp3) is 0.160. The summed E-state index contributed by atoms with van der Waals surface area (Å²) in [6.45, 7) is 0.642. The van der Waals surface area contributed by atoms with Crippen molar-refractivity contribution in [1.82, 2.24) is 0 Å². The van der Waals surface area contributed by atoms with Crippen molar-refractivity contribution in [2.75, 3.05) is 6.61 Å². The van der Waals surface area contributed by atoms with Gasteiger partial charge in [-0.2, -0.15) is 0 Å². The molecule has 0 atom stereocenters. The molecule has 0 aliphatic rings. The smallest absolute Gasteiger partial charge is 0.347 e. The second-order valence-electron chi connectivity index (χ2n) is 6.76. The van der Waals surface area contributed by atoms with Crippen LogP contribution < -0.4 is 9.47 Å². The minimum Gasteiger partial charge on any atom is -0.487 e. The van der Waals surface area contributed by atoms with Gasteiger partial charge in [-0.1, -0.05) is 60.7 Å². The Bertz CT molecular complexity index is 1060. The number of benzene rings is 3. The summed E-state index contributed by atoms with van der Waals surface area (Å²) >= 11 is 0. The number of ether oxygens (including phenoxy) is 2. The highest BCUT2D eigenvalue weighted by Gasteiger charge is 2.27. The average Bonchev–Trinajstić information content (AvgIpc) is 2.79. The Morgan fingerprint density at radius 2 is 1.68 bits per heavy atom. The topological polar surface area (TPSA) is 76.0 Å². The lowest BCUT2D eigenvalue weighted by Crippen LogP contribution is -2.16. The molecule has 0 aliphatic carbocycles. The van der Waals surface area contributed by atoms with Crippen LogP contribution in [0.15, 0.2) is 66.7 Å². The van der Waals surface area contributed by atoms with Crippen LogP contribution in [0.2, 0.25) is 0 Å². The monoisotopic (exact) mass is 422 g/mol. The Hall–Kier alpha value is -3.48. The lowest BCUT2D eigenvalue weighted by atomic mass is 9.96. The third-order valence-corrected chi connectivity index (χ3v) is 4.70. The Kier molecular flexibility index (Phi) is 7.54. The summed E-state index contributed by atoms with van der Waals surface area (Å²) in [5.41, 5.74) is 0.924. The maximum Gasteiger partial charge on any atom is 0.347 e. The molecule has 0 amide bonds. The second kappa shape index (κ2) is 10.5. The van der Waals surface area contributed by atoms with Crippen LogP contribution in [0.1, 0.15) is 32.6 Å². The molecule has 0 saturated carbocycles. The van der Waals surface area contributed by atoms with Crippen molar-refractivity contribution in [3.05, 3.63) is 100 Å². The van der Waals surface area contributed by atoms with E-state index >= 15 is 4.39 Å².